The van der Waals surface area contributed by atoms with Gasteiger partial charge in [-0.15, -0.1) is 0 Å². The summed E-state index contributed by atoms with van der Waals surface area (Å²) in [6.45, 7) is 14.0. The number of hydrogen-bond donors (Lipinski definition) is 0. The molecule has 0 N–H and O–H groups in total. The largest absolute Gasteiger partial charge is 0.308 e. The molecule has 4 aromatic heterocycles. The number of aromatic nitrogens is 2. The fraction of sp³-hybridized carbons (Fsp3) is 0.108. The number of nitrogens with zero attached hydrogens (tertiary/aromatic N) is 2. The maximum Gasteiger partial charge on any atom is 0.0634 e. The van der Waals surface area contributed by atoms with Crippen LogP contribution in [0.3, 0.4) is 0 Å². The van der Waals surface area contributed by atoms with E-state index in [1.165, 1.54) is 154 Å². The fourth-order valence-electron chi connectivity index (χ4n) is 13.1. The topological polar surface area (TPSA) is 8.82 Å². The normalized spacial score (nSPS) is 12.6. The monoisotopic (exact) mass is 972 g/mol. The first-order valence-corrected chi connectivity index (χ1v) is 26.9. The summed E-state index contributed by atoms with van der Waals surface area (Å²) in [6, 6.07) is 86.7. The minimum Gasteiger partial charge on any atom is -0.308 e. The molecule has 0 bridgehead atoms. The van der Waals surface area contributed by atoms with E-state index in [0.29, 0.717) is 0 Å². The second kappa shape index (κ2) is 16.3. The molecule has 0 amide bonds. The van der Waals surface area contributed by atoms with Gasteiger partial charge in [-0.25, -0.2) is 0 Å². The lowest BCUT2D eigenvalue weighted by molar-refractivity contribution is 0.590. The number of rotatable bonds is 6. The van der Waals surface area contributed by atoms with Gasteiger partial charge in [0.05, 0.1) is 33.1 Å². The predicted molar refractivity (Wildman–Crippen MR) is 326 cm³/mol. The smallest absolute Gasteiger partial charge is 0.0634 e. The zero-order valence-electron chi connectivity index (χ0n) is 43.8. The standard InChI is InChI=1S/C74H56N2/c1-73(2,3)51-35-37-57-63(43-51)75-61-39-33-49(65-53(45-21-11-7-12-22-45)29-19-30-54(65)46-23-13-8-14-24-46)41-59(61)70-68-58-38-36-52(74(4,5)6)44-64(58)76-62-40-34-50(42-60(62)69(72(68)76)67(57)71(70)75)66-55(47-25-15-9-16-26-47)31-20-32-56(66)48-27-17-10-18-28-48/h7-44H,1-6H3. The van der Waals surface area contributed by atoms with Crippen LogP contribution in [0.1, 0.15) is 52.7 Å². The molecular formula is C74H56N2. The highest BCUT2D eigenvalue weighted by molar-refractivity contribution is 6.45. The van der Waals surface area contributed by atoms with E-state index in [4.69, 9.17) is 0 Å². The van der Waals surface area contributed by atoms with E-state index in [2.05, 4.69) is 281 Å². The Hall–Kier alpha value is -8.98. The van der Waals surface area contributed by atoms with Crippen LogP contribution in [0, 0.1) is 0 Å². The molecule has 0 aliphatic heterocycles. The third-order valence-corrected chi connectivity index (χ3v) is 16.7. The van der Waals surface area contributed by atoms with Gasteiger partial charge < -0.3 is 8.80 Å². The van der Waals surface area contributed by atoms with E-state index in [0.717, 1.165) is 0 Å². The van der Waals surface area contributed by atoms with Crippen LogP contribution in [0.25, 0.3) is 143 Å². The van der Waals surface area contributed by atoms with Crippen molar-refractivity contribution in [3.8, 4) is 66.8 Å². The van der Waals surface area contributed by atoms with Crippen molar-refractivity contribution < 1.29 is 0 Å². The van der Waals surface area contributed by atoms with Crippen LogP contribution in [-0.2, 0) is 10.8 Å². The lowest BCUT2D eigenvalue weighted by Gasteiger charge is -2.19. The zero-order valence-corrected chi connectivity index (χ0v) is 43.8. The second-order valence-corrected chi connectivity index (χ2v) is 23.2. The lowest BCUT2D eigenvalue weighted by atomic mass is 9.85. The molecule has 0 aliphatic carbocycles. The third kappa shape index (κ3) is 6.47. The van der Waals surface area contributed by atoms with E-state index < -0.39 is 0 Å². The van der Waals surface area contributed by atoms with Crippen LogP contribution < -0.4 is 0 Å². The fourth-order valence-corrected chi connectivity index (χ4v) is 13.1. The van der Waals surface area contributed by atoms with Crippen molar-refractivity contribution in [2.45, 2.75) is 52.4 Å². The van der Waals surface area contributed by atoms with Crippen LogP contribution in [0.5, 0.6) is 0 Å². The number of hydrogen-bond acceptors (Lipinski definition) is 0. The van der Waals surface area contributed by atoms with Gasteiger partial charge in [-0.05, 0) is 125 Å². The van der Waals surface area contributed by atoms with E-state index >= 15 is 0 Å². The Kier molecular flexibility index (Phi) is 9.52. The van der Waals surface area contributed by atoms with Gasteiger partial charge in [-0.2, -0.15) is 0 Å². The average Bonchev–Trinajstić information content (AvgIpc) is 3.91. The summed E-state index contributed by atoms with van der Waals surface area (Å²) < 4.78 is 5.27. The summed E-state index contributed by atoms with van der Waals surface area (Å²) in [5.41, 5.74) is 24.8. The van der Waals surface area contributed by atoms with E-state index in [1.54, 1.807) is 0 Å². The van der Waals surface area contributed by atoms with Gasteiger partial charge in [-0.1, -0.05) is 236 Å². The van der Waals surface area contributed by atoms with Crippen molar-refractivity contribution in [1.29, 1.82) is 0 Å². The van der Waals surface area contributed by atoms with Crippen molar-refractivity contribution in [3.05, 3.63) is 242 Å². The first-order chi connectivity index (χ1) is 37.0. The minimum absolute atomic E-state index is 0.0445. The molecule has 11 aromatic carbocycles. The molecule has 2 nitrogen and oxygen atoms in total. The highest BCUT2D eigenvalue weighted by atomic mass is 14.9. The van der Waals surface area contributed by atoms with Crippen LogP contribution in [0.4, 0.5) is 0 Å². The molecule has 0 radical (unpaired) electrons. The van der Waals surface area contributed by atoms with Crippen LogP contribution in [-0.4, -0.2) is 8.80 Å². The van der Waals surface area contributed by atoms with E-state index in [1.807, 2.05) is 0 Å². The Labute approximate surface area is 443 Å². The number of fused-ring (bicyclic) bond motifs is 14. The Morgan fingerprint density at radius 2 is 0.566 bits per heavy atom. The molecule has 0 saturated carbocycles. The SMILES string of the molecule is CC(C)(C)c1ccc2c3c4c5cc(-c6c(-c7ccccc7)cccc6-c6ccccc6)ccc5n5c6cc(C(C)(C)C)ccc6c(c6c7cc(-c8c(-c9ccccc9)cccc8-c8ccccc8)ccc7n(c2c1)c63)c45. The summed E-state index contributed by atoms with van der Waals surface area (Å²) >= 11 is 0. The molecule has 362 valence electrons. The van der Waals surface area contributed by atoms with Crippen LogP contribution in [0.15, 0.2) is 231 Å². The second-order valence-electron chi connectivity index (χ2n) is 23.2. The molecule has 4 heterocycles. The summed E-state index contributed by atoms with van der Waals surface area (Å²) in [5, 5.41) is 10.4. The summed E-state index contributed by atoms with van der Waals surface area (Å²) in [5.74, 6) is 0. The highest BCUT2D eigenvalue weighted by Gasteiger charge is 2.31. The Balaban J connectivity index is 1.13. The molecule has 15 aromatic rings. The van der Waals surface area contributed by atoms with Crippen molar-refractivity contribution in [3.63, 3.8) is 0 Å². The third-order valence-electron chi connectivity index (χ3n) is 16.7. The molecule has 76 heavy (non-hydrogen) atoms. The van der Waals surface area contributed by atoms with E-state index in [-0.39, 0.29) is 10.8 Å². The number of benzene rings is 11. The molecular weight excluding hydrogens is 917 g/mol. The molecule has 0 spiro atoms. The quantitative estimate of drug-likeness (QED) is 0.157. The van der Waals surface area contributed by atoms with E-state index in [9.17, 15) is 0 Å². The summed E-state index contributed by atoms with van der Waals surface area (Å²) in [4.78, 5) is 0. The minimum atomic E-state index is -0.0445. The van der Waals surface area contributed by atoms with Crippen LogP contribution in [0.2, 0.25) is 0 Å². The summed E-state index contributed by atoms with van der Waals surface area (Å²) in [6.07, 6.45) is 0. The Bertz CT molecular complexity index is 4350. The van der Waals surface area contributed by atoms with Gasteiger partial charge >= 0.3 is 0 Å². The molecule has 0 aliphatic rings. The van der Waals surface area contributed by atoms with Gasteiger partial charge in [0, 0.05) is 43.1 Å². The Morgan fingerprint density at radius 3 is 0.882 bits per heavy atom. The van der Waals surface area contributed by atoms with Crippen molar-refractivity contribution in [2.24, 2.45) is 0 Å². The molecule has 0 saturated heterocycles. The van der Waals surface area contributed by atoms with Gasteiger partial charge in [0.2, 0.25) is 0 Å². The molecule has 0 fully saturated rings. The molecule has 0 atom stereocenters. The lowest BCUT2D eigenvalue weighted by Crippen LogP contribution is -2.10. The van der Waals surface area contributed by atoms with Crippen molar-refractivity contribution in [2.75, 3.05) is 0 Å². The maximum atomic E-state index is 2.64. The van der Waals surface area contributed by atoms with Gasteiger partial charge in [0.15, 0.2) is 0 Å². The predicted octanol–water partition coefficient (Wildman–Crippen LogP) is 20.6. The highest BCUT2D eigenvalue weighted by Crippen LogP contribution is 2.54. The average molecular weight is 973 g/mol. The van der Waals surface area contributed by atoms with Gasteiger partial charge in [0.25, 0.3) is 0 Å². The van der Waals surface area contributed by atoms with Crippen molar-refractivity contribution >= 4 is 76.2 Å². The zero-order chi connectivity index (χ0) is 51.2. The Morgan fingerprint density at radius 1 is 0.250 bits per heavy atom. The first-order valence-electron chi connectivity index (χ1n) is 26.9. The summed E-state index contributed by atoms with van der Waals surface area (Å²) in [7, 11) is 0. The molecule has 2 heteroatoms. The van der Waals surface area contributed by atoms with Gasteiger partial charge in [0.1, 0.15) is 0 Å². The molecule has 0 unspecified atom stereocenters. The first kappa shape index (κ1) is 44.5. The molecule has 15 rings (SSSR count). The van der Waals surface area contributed by atoms with Crippen LogP contribution >= 0.6 is 0 Å². The maximum absolute atomic E-state index is 2.64. The van der Waals surface area contributed by atoms with Gasteiger partial charge in [-0.3, -0.25) is 0 Å². The van der Waals surface area contributed by atoms with Crippen molar-refractivity contribution in [1.82, 2.24) is 8.80 Å².